The summed E-state index contributed by atoms with van der Waals surface area (Å²) in [7, 11) is 0. The Morgan fingerprint density at radius 3 is 2.76 bits per heavy atom. The average Bonchev–Trinajstić information content (AvgIpc) is 2.74. The van der Waals surface area contributed by atoms with Crippen molar-refractivity contribution in [3.05, 3.63) is 59.2 Å². The molecule has 0 radical (unpaired) electrons. The zero-order chi connectivity index (χ0) is 11.7. The van der Waals surface area contributed by atoms with Gasteiger partial charge >= 0.3 is 0 Å². The van der Waals surface area contributed by atoms with Gasteiger partial charge in [0.25, 0.3) is 0 Å². The van der Waals surface area contributed by atoms with Crippen LogP contribution in [0.2, 0.25) is 0 Å². The number of fused-ring (bicyclic) bond motifs is 1. The predicted molar refractivity (Wildman–Crippen MR) is 65.3 cm³/mol. The van der Waals surface area contributed by atoms with E-state index in [1.807, 2.05) is 12.1 Å². The Bertz CT molecular complexity index is 490. The van der Waals surface area contributed by atoms with E-state index < -0.39 is 0 Å². The van der Waals surface area contributed by atoms with Crippen molar-refractivity contribution in [2.24, 2.45) is 0 Å². The van der Waals surface area contributed by atoms with Gasteiger partial charge in [0.2, 0.25) is 0 Å². The lowest BCUT2D eigenvalue weighted by Crippen LogP contribution is -2.27. The number of rotatable bonds is 2. The maximum Gasteiger partial charge on any atom is 0.123 e. The fourth-order valence-corrected chi connectivity index (χ4v) is 2.33. The Labute approximate surface area is 100 Å². The van der Waals surface area contributed by atoms with E-state index in [0.717, 1.165) is 31.6 Å². The highest BCUT2D eigenvalue weighted by molar-refractivity contribution is 5.28. The molecule has 1 aromatic carbocycles. The maximum atomic E-state index is 12.8. The van der Waals surface area contributed by atoms with Gasteiger partial charge in [-0.1, -0.05) is 12.1 Å². The first-order valence-electron chi connectivity index (χ1n) is 5.94. The van der Waals surface area contributed by atoms with Crippen LogP contribution in [0.15, 0.2) is 36.5 Å². The number of hydrogen-bond donors (Lipinski definition) is 1. The lowest BCUT2D eigenvalue weighted by atomic mass is 10.1. The molecule has 0 aliphatic carbocycles. The van der Waals surface area contributed by atoms with E-state index in [9.17, 15) is 4.39 Å². The number of halogens is 1. The second-order valence-electron chi connectivity index (χ2n) is 4.51. The van der Waals surface area contributed by atoms with Crippen LogP contribution in [0.4, 0.5) is 4.39 Å². The highest BCUT2D eigenvalue weighted by Crippen LogP contribution is 2.15. The van der Waals surface area contributed by atoms with Gasteiger partial charge in [-0.15, -0.1) is 0 Å². The molecule has 2 aromatic rings. The van der Waals surface area contributed by atoms with Gasteiger partial charge in [-0.2, -0.15) is 0 Å². The molecule has 2 nitrogen and oxygen atoms in total. The summed E-state index contributed by atoms with van der Waals surface area (Å²) in [4.78, 5) is 0. The molecular weight excluding hydrogens is 215 g/mol. The van der Waals surface area contributed by atoms with Crippen LogP contribution in [0, 0.1) is 5.82 Å². The van der Waals surface area contributed by atoms with Gasteiger partial charge in [-0.05, 0) is 35.7 Å². The molecule has 3 rings (SSSR count). The largest absolute Gasteiger partial charge is 0.349 e. The van der Waals surface area contributed by atoms with Crippen LogP contribution < -0.4 is 5.32 Å². The first kappa shape index (κ1) is 10.5. The molecule has 1 aliphatic rings. The Morgan fingerprint density at radius 1 is 1.18 bits per heavy atom. The first-order chi connectivity index (χ1) is 8.31. The fraction of sp³-hybridized carbons (Fsp3) is 0.286. The van der Waals surface area contributed by atoms with Gasteiger partial charge in [0.1, 0.15) is 5.82 Å². The van der Waals surface area contributed by atoms with Gasteiger partial charge in [0.15, 0.2) is 0 Å². The Hall–Kier alpha value is -1.61. The lowest BCUT2D eigenvalue weighted by Gasteiger charge is -2.15. The molecule has 0 saturated heterocycles. The molecule has 0 unspecified atom stereocenters. The van der Waals surface area contributed by atoms with E-state index >= 15 is 0 Å². The molecule has 0 bridgehead atoms. The number of aromatic nitrogens is 1. The zero-order valence-electron chi connectivity index (χ0n) is 9.62. The minimum atomic E-state index is -0.172. The molecule has 0 saturated carbocycles. The van der Waals surface area contributed by atoms with Gasteiger partial charge < -0.3 is 9.88 Å². The Morgan fingerprint density at radius 2 is 2.00 bits per heavy atom. The van der Waals surface area contributed by atoms with Crippen LogP contribution in [0.3, 0.4) is 0 Å². The molecular formula is C14H15FN2. The summed E-state index contributed by atoms with van der Waals surface area (Å²) in [5.41, 5.74) is 3.80. The second-order valence-corrected chi connectivity index (χ2v) is 4.51. The zero-order valence-corrected chi connectivity index (χ0v) is 9.62. The normalized spacial score (nSPS) is 14.6. The highest BCUT2D eigenvalue weighted by Gasteiger charge is 2.09. The first-order valence-corrected chi connectivity index (χ1v) is 5.94. The molecule has 1 N–H and O–H groups in total. The summed E-state index contributed by atoms with van der Waals surface area (Å²) in [6.45, 7) is 3.03. The van der Waals surface area contributed by atoms with Crippen molar-refractivity contribution >= 4 is 0 Å². The summed E-state index contributed by atoms with van der Waals surface area (Å²) >= 11 is 0. The quantitative estimate of drug-likeness (QED) is 0.837. The molecule has 88 valence electrons. The van der Waals surface area contributed by atoms with Gasteiger partial charge in [0, 0.05) is 31.5 Å². The lowest BCUT2D eigenvalue weighted by molar-refractivity contribution is 0.516. The highest BCUT2D eigenvalue weighted by atomic mass is 19.1. The smallest absolute Gasteiger partial charge is 0.123 e. The second kappa shape index (κ2) is 4.34. The number of benzene rings is 1. The SMILES string of the molecule is Fc1ccc(Cc2cc3n(c2)CCNC3)cc1. The standard InChI is InChI=1S/C14H15FN2/c15-13-3-1-11(2-4-13)7-12-8-14-9-16-5-6-17(14)10-12/h1-4,8,10,16H,5-7,9H2. The van der Waals surface area contributed by atoms with E-state index in [0.29, 0.717) is 0 Å². The third-order valence-electron chi connectivity index (χ3n) is 3.20. The molecule has 3 heteroatoms. The van der Waals surface area contributed by atoms with Crippen molar-refractivity contribution in [1.82, 2.24) is 9.88 Å². The van der Waals surface area contributed by atoms with E-state index in [4.69, 9.17) is 0 Å². The summed E-state index contributed by atoms with van der Waals surface area (Å²) in [6, 6.07) is 8.98. The molecule has 0 amide bonds. The number of hydrogen-bond acceptors (Lipinski definition) is 1. The average molecular weight is 230 g/mol. The van der Waals surface area contributed by atoms with E-state index in [1.54, 1.807) is 0 Å². The van der Waals surface area contributed by atoms with Crippen molar-refractivity contribution < 1.29 is 4.39 Å². The molecule has 0 atom stereocenters. The van der Waals surface area contributed by atoms with Crippen molar-refractivity contribution in [2.45, 2.75) is 19.5 Å². The molecule has 0 spiro atoms. The van der Waals surface area contributed by atoms with Crippen LogP contribution in [0.25, 0.3) is 0 Å². The van der Waals surface area contributed by atoms with Gasteiger partial charge in [-0.3, -0.25) is 0 Å². The molecule has 17 heavy (non-hydrogen) atoms. The van der Waals surface area contributed by atoms with Crippen LogP contribution in [0.1, 0.15) is 16.8 Å². The molecule has 0 fully saturated rings. The van der Waals surface area contributed by atoms with Gasteiger partial charge in [0.05, 0.1) is 0 Å². The number of nitrogens with zero attached hydrogens (tertiary/aromatic N) is 1. The topological polar surface area (TPSA) is 17.0 Å². The van der Waals surface area contributed by atoms with Crippen LogP contribution >= 0.6 is 0 Å². The maximum absolute atomic E-state index is 12.8. The molecule has 2 heterocycles. The minimum absolute atomic E-state index is 0.172. The third-order valence-corrected chi connectivity index (χ3v) is 3.20. The fourth-order valence-electron chi connectivity index (χ4n) is 2.33. The predicted octanol–water partition coefficient (Wildman–Crippen LogP) is 2.32. The minimum Gasteiger partial charge on any atom is -0.349 e. The molecule has 1 aromatic heterocycles. The van der Waals surface area contributed by atoms with Crippen molar-refractivity contribution in [3.63, 3.8) is 0 Å². The monoisotopic (exact) mass is 230 g/mol. The Kier molecular flexibility index (Phi) is 2.69. The molecule has 1 aliphatic heterocycles. The van der Waals surface area contributed by atoms with E-state index in [1.165, 1.54) is 23.4 Å². The van der Waals surface area contributed by atoms with Crippen LogP contribution in [-0.4, -0.2) is 11.1 Å². The van der Waals surface area contributed by atoms with Crippen molar-refractivity contribution in [3.8, 4) is 0 Å². The van der Waals surface area contributed by atoms with Crippen molar-refractivity contribution in [1.29, 1.82) is 0 Å². The summed E-state index contributed by atoms with van der Waals surface area (Å²) in [5, 5.41) is 3.36. The van der Waals surface area contributed by atoms with E-state index in [-0.39, 0.29) is 5.82 Å². The number of nitrogens with one attached hydrogen (secondary N) is 1. The van der Waals surface area contributed by atoms with Crippen molar-refractivity contribution in [2.75, 3.05) is 6.54 Å². The van der Waals surface area contributed by atoms with Gasteiger partial charge in [-0.25, -0.2) is 4.39 Å². The Balaban J connectivity index is 1.80. The summed E-state index contributed by atoms with van der Waals surface area (Å²) in [5.74, 6) is -0.172. The van der Waals surface area contributed by atoms with Crippen LogP contribution in [0.5, 0.6) is 0 Å². The van der Waals surface area contributed by atoms with Crippen LogP contribution in [-0.2, 0) is 19.5 Å². The third kappa shape index (κ3) is 2.24. The summed E-state index contributed by atoms with van der Waals surface area (Å²) in [6.07, 6.45) is 3.08. The summed E-state index contributed by atoms with van der Waals surface area (Å²) < 4.78 is 15.1. The van der Waals surface area contributed by atoms with E-state index in [2.05, 4.69) is 22.1 Å².